The van der Waals surface area contributed by atoms with Gasteiger partial charge in [0, 0.05) is 38.6 Å². The zero-order valence-corrected chi connectivity index (χ0v) is 14.6. The average molecular weight is 355 g/mol. The molecular weight excluding hydrogens is 334 g/mol. The van der Waals surface area contributed by atoms with Crippen LogP contribution >= 0.6 is 11.3 Å². The molecule has 3 heterocycles. The summed E-state index contributed by atoms with van der Waals surface area (Å²) in [7, 11) is -1.47. The lowest BCUT2D eigenvalue weighted by Crippen LogP contribution is -2.44. The molecule has 1 fully saturated rings. The van der Waals surface area contributed by atoms with Crippen LogP contribution in [0.4, 0.5) is 0 Å². The molecule has 0 amide bonds. The van der Waals surface area contributed by atoms with E-state index in [4.69, 9.17) is 4.74 Å². The molecular formula is C15H21N3O3S2. The Labute approximate surface area is 140 Å². The van der Waals surface area contributed by atoms with Crippen LogP contribution in [0, 0.1) is 0 Å². The van der Waals surface area contributed by atoms with Crippen molar-refractivity contribution in [2.45, 2.75) is 10.3 Å². The smallest absolute Gasteiger partial charge is 0.250 e. The van der Waals surface area contributed by atoms with Crippen LogP contribution in [-0.2, 0) is 21.8 Å². The summed E-state index contributed by atoms with van der Waals surface area (Å²) in [5.74, 6) is 0. The van der Waals surface area contributed by atoms with Crippen molar-refractivity contribution in [3.8, 4) is 0 Å². The van der Waals surface area contributed by atoms with E-state index in [1.165, 1.54) is 11.3 Å². The molecule has 1 N–H and O–H groups in total. The van der Waals surface area contributed by atoms with Gasteiger partial charge in [-0.25, -0.2) is 13.1 Å². The molecule has 8 heteroatoms. The quantitative estimate of drug-likeness (QED) is 0.852. The summed E-state index contributed by atoms with van der Waals surface area (Å²) >= 11 is 1.23. The number of nitrogens with one attached hydrogen (secondary N) is 1. The van der Waals surface area contributed by atoms with E-state index in [0.717, 1.165) is 18.8 Å². The summed E-state index contributed by atoms with van der Waals surface area (Å²) < 4.78 is 35.3. The Morgan fingerprint density at radius 3 is 2.70 bits per heavy atom. The van der Waals surface area contributed by atoms with Crippen molar-refractivity contribution >= 4 is 21.4 Å². The first-order valence-corrected chi connectivity index (χ1v) is 9.90. The molecule has 1 saturated heterocycles. The maximum absolute atomic E-state index is 12.4. The van der Waals surface area contributed by atoms with Crippen LogP contribution in [0.3, 0.4) is 0 Å². The molecule has 0 saturated carbocycles. The Morgan fingerprint density at radius 2 is 2.09 bits per heavy atom. The van der Waals surface area contributed by atoms with Gasteiger partial charge in [0.15, 0.2) is 0 Å². The van der Waals surface area contributed by atoms with Gasteiger partial charge in [-0.05, 0) is 23.6 Å². The standard InChI is InChI=1S/C15H21N3O3S2/c1-17-6-2-4-13(17)14(18-7-9-21-10-8-18)12-16-23(19,20)15-5-3-11-22-15/h2-6,11,14,16H,7-10,12H2,1H3. The molecule has 1 aliphatic rings. The first-order valence-electron chi connectivity index (χ1n) is 7.54. The second-order valence-corrected chi connectivity index (χ2v) is 8.43. The van der Waals surface area contributed by atoms with Gasteiger partial charge in [-0.2, -0.15) is 0 Å². The fourth-order valence-electron chi connectivity index (χ4n) is 2.81. The highest BCUT2D eigenvalue weighted by Crippen LogP contribution is 2.23. The summed E-state index contributed by atoms with van der Waals surface area (Å²) in [6.07, 6.45) is 1.98. The molecule has 0 aromatic carbocycles. The van der Waals surface area contributed by atoms with Crippen LogP contribution in [0.25, 0.3) is 0 Å². The highest BCUT2D eigenvalue weighted by Gasteiger charge is 2.26. The largest absolute Gasteiger partial charge is 0.379 e. The van der Waals surface area contributed by atoms with E-state index in [2.05, 4.69) is 9.62 Å². The van der Waals surface area contributed by atoms with E-state index in [1.54, 1.807) is 17.5 Å². The van der Waals surface area contributed by atoms with Crippen molar-refractivity contribution in [1.82, 2.24) is 14.2 Å². The van der Waals surface area contributed by atoms with Crippen molar-refractivity contribution in [1.29, 1.82) is 0 Å². The number of aryl methyl sites for hydroxylation is 1. The van der Waals surface area contributed by atoms with Crippen LogP contribution in [0.15, 0.2) is 40.1 Å². The highest BCUT2D eigenvalue weighted by atomic mass is 32.2. The SMILES string of the molecule is Cn1cccc1C(CNS(=O)(=O)c1cccs1)N1CCOCC1. The zero-order valence-electron chi connectivity index (χ0n) is 13.0. The van der Waals surface area contributed by atoms with Gasteiger partial charge in [-0.15, -0.1) is 11.3 Å². The third-order valence-electron chi connectivity index (χ3n) is 4.04. The average Bonchev–Trinajstić information content (AvgIpc) is 3.21. The van der Waals surface area contributed by atoms with Crippen LogP contribution in [-0.4, -0.2) is 50.7 Å². The predicted molar refractivity (Wildman–Crippen MR) is 90.1 cm³/mol. The number of hydrogen-bond donors (Lipinski definition) is 1. The minimum absolute atomic E-state index is 0.00589. The fraction of sp³-hybridized carbons (Fsp3) is 0.467. The maximum atomic E-state index is 12.4. The summed E-state index contributed by atoms with van der Waals surface area (Å²) in [4.78, 5) is 2.27. The van der Waals surface area contributed by atoms with E-state index in [0.29, 0.717) is 24.0 Å². The molecule has 0 aliphatic carbocycles. The minimum Gasteiger partial charge on any atom is -0.379 e. The Hall–Kier alpha value is -1.19. The molecule has 0 bridgehead atoms. The maximum Gasteiger partial charge on any atom is 0.250 e. The molecule has 6 nitrogen and oxygen atoms in total. The lowest BCUT2D eigenvalue weighted by molar-refractivity contribution is 0.0158. The number of thiophene rings is 1. The monoisotopic (exact) mass is 355 g/mol. The van der Waals surface area contributed by atoms with E-state index in [9.17, 15) is 8.42 Å². The lowest BCUT2D eigenvalue weighted by Gasteiger charge is -2.34. The molecule has 2 aromatic rings. The second kappa shape index (κ2) is 7.14. The van der Waals surface area contributed by atoms with E-state index >= 15 is 0 Å². The van der Waals surface area contributed by atoms with Crippen molar-refractivity contribution in [3.63, 3.8) is 0 Å². The first kappa shape index (κ1) is 16.7. The number of rotatable bonds is 6. The van der Waals surface area contributed by atoms with Gasteiger partial charge in [0.2, 0.25) is 10.0 Å². The highest BCUT2D eigenvalue weighted by molar-refractivity contribution is 7.91. The van der Waals surface area contributed by atoms with Crippen LogP contribution < -0.4 is 4.72 Å². The summed E-state index contributed by atoms with van der Waals surface area (Å²) in [6.45, 7) is 3.31. The molecule has 3 rings (SSSR count). The molecule has 1 atom stereocenters. The van der Waals surface area contributed by atoms with Crippen LogP contribution in [0.1, 0.15) is 11.7 Å². The van der Waals surface area contributed by atoms with Crippen molar-refractivity contribution in [2.75, 3.05) is 32.8 Å². The Bertz CT molecular complexity index is 719. The summed E-state index contributed by atoms with van der Waals surface area (Å²) in [5.41, 5.74) is 1.10. The van der Waals surface area contributed by atoms with Gasteiger partial charge < -0.3 is 9.30 Å². The fourth-order valence-corrected chi connectivity index (χ4v) is 4.88. The van der Waals surface area contributed by atoms with Gasteiger partial charge in [-0.3, -0.25) is 4.90 Å². The first-order chi connectivity index (χ1) is 11.1. The number of hydrogen-bond acceptors (Lipinski definition) is 5. The third kappa shape index (κ3) is 3.84. The van der Waals surface area contributed by atoms with Crippen LogP contribution in [0.5, 0.6) is 0 Å². The number of ether oxygens (including phenoxy) is 1. The van der Waals surface area contributed by atoms with Gasteiger partial charge in [0.05, 0.1) is 19.3 Å². The van der Waals surface area contributed by atoms with Gasteiger partial charge in [-0.1, -0.05) is 6.07 Å². The van der Waals surface area contributed by atoms with E-state index in [1.807, 2.05) is 29.9 Å². The van der Waals surface area contributed by atoms with Crippen molar-refractivity contribution in [2.24, 2.45) is 7.05 Å². The summed E-state index contributed by atoms with van der Waals surface area (Å²) in [5, 5.41) is 1.77. The molecule has 0 spiro atoms. The molecule has 126 valence electrons. The molecule has 1 unspecified atom stereocenters. The molecule has 23 heavy (non-hydrogen) atoms. The summed E-state index contributed by atoms with van der Waals surface area (Å²) in [6, 6.07) is 7.39. The number of morpholine rings is 1. The normalized spacial score (nSPS) is 18.1. The Balaban J connectivity index is 1.78. The number of nitrogens with zero attached hydrogens (tertiary/aromatic N) is 2. The minimum atomic E-state index is -3.45. The van der Waals surface area contributed by atoms with Crippen molar-refractivity contribution in [3.05, 3.63) is 41.5 Å². The third-order valence-corrected chi connectivity index (χ3v) is 6.86. The van der Waals surface area contributed by atoms with Gasteiger partial charge in [0.25, 0.3) is 0 Å². The molecule has 2 aromatic heterocycles. The van der Waals surface area contributed by atoms with Gasteiger partial charge in [0.1, 0.15) is 4.21 Å². The van der Waals surface area contributed by atoms with E-state index in [-0.39, 0.29) is 6.04 Å². The zero-order chi connectivity index (χ0) is 16.3. The van der Waals surface area contributed by atoms with Gasteiger partial charge >= 0.3 is 0 Å². The van der Waals surface area contributed by atoms with Crippen LogP contribution in [0.2, 0.25) is 0 Å². The van der Waals surface area contributed by atoms with Crippen molar-refractivity contribution < 1.29 is 13.2 Å². The Kier molecular flexibility index (Phi) is 5.17. The lowest BCUT2D eigenvalue weighted by atomic mass is 10.1. The Morgan fingerprint density at radius 1 is 1.30 bits per heavy atom. The topological polar surface area (TPSA) is 63.6 Å². The molecule has 0 radical (unpaired) electrons. The molecule has 1 aliphatic heterocycles. The second-order valence-electron chi connectivity index (χ2n) is 5.49. The number of aromatic nitrogens is 1. The van der Waals surface area contributed by atoms with E-state index < -0.39 is 10.0 Å². The number of sulfonamides is 1. The predicted octanol–water partition coefficient (Wildman–Crippen LogP) is 1.44.